The van der Waals surface area contributed by atoms with Gasteiger partial charge in [-0.1, -0.05) is 5.21 Å². The van der Waals surface area contributed by atoms with Gasteiger partial charge in [-0.25, -0.2) is 4.68 Å². The van der Waals surface area contributed by atoms with Crippen LogP contribution in [0.5, 0.6) is 0 Å². The van der Waals surface area contributed by atoms with Gasteiger partial charge >= 0.3 is 0 Å². The number of hydrogen-bond acceptors (Lipinski definition) is 5. The molecule has 0 aromatic carbocycles. The Bertz CT molecular complexity index is 455. The number of rotatable bonds is 4. The average molecular weight is 220 g/mol. The molecule has 2 aromatic heterocycles. The average Bonchev–Trinajstić information content (AvgIpc) is 2.74. The SMILES string of the molecule is OCCn1nnc(CO)c1-c1ccncc1. The van der Waals surface area contributed by atoms with Crippen molar-refractivity contribution in [2.45, 2.75) is 13.2 Å². The summed E-state index contributed by atoms with van der Waals surface area (Å²) < 4.78 is 1.57. The second-order valence-corrected chi connectivity index (χ2v) is 3.23. The number of aliphatic hydroxyl groups excluding tert-OH is 2. The third kappa shape index (κ3) is 1.93. The second-order valence-electron chi connectivity index (χ2n) is 3.23. The van der Waals surface area contributed by atoms with Crippen molar-refractivity contribution < 1.29 is 10.2 Å². The van der Waals surface area contributed by atoms with Gasteiger partial charge in [0.05, 0.1) is 25.5 Å². The third-order valence-corrected chi connectivity index (χ3v) is 2.22. The minimum absolute atomic E-state index is 0.0215. The van der Waals surface area contributed by atoms with Crippen molar-refractivity contribution in [2.24, 2.45) is 0 Å². The van der Waals surface area contributed by atoms with Crippen molar-refractivity contribution >= 4 is 0 Å². The van der Waals surface area contributed by atoms with E-state index in [2.05, 4.69) is 15.3 Å². The zero-order valence-corrected chi connectivity index (χ0v) is 8.61. The van der Waals surface area contributed by atoms with E-state index in [1.807, 2.05) is 12.1 Å². The summed E-state index contributed by atoms with van der Waals surface area (Å²) in [4.78, 5) is 3.92. The minimum Gasteiger partial charge on any atom is -0.394 e. The molecule has 6 heteroatoms. The van der Waals surface area contributed by atoms with Crippen LogP contribution >= 0.6 is 0 Å². The molecule has 0 unspecified atom stereocenters. The first-order chi connectivity index (χ1) is 7.86. The summed E-state index contributed by atoms with van der Waals surface area (Å²) in [7, 11) is 0. The highest BCUT2D eigenvalue weighted by Gasteiger charge is 2.13. The summed E-state index contributed by atoms with van der Waals surface area (Å²) in [6, 6.07) is 3.62. The lowest BCUT2D eigenvalue weighted by molar-refractivity contribution is 0.268. The van der Waals surface area contributed by atoms with Gasteiger partial charge in [0.2, 0.25) is 0 Å². The summed E-state index contributed by atoms with van der Waals surface area (Å²) in [6.45, 7) is 0.153. The molecule has 0 aliphatic rings. The molecule has 0 amide bonds. The van der Waals surface area contributed by atoms with E-state index < -0.39 is 0 Å². The largest absolute Gasteiger partial charge is 0.394 e. The van der Waals surface area contributed by atoms with Gasteiger partial charge in [0.15, 0.2) is 0 Å². The van der Waals surface area contributed by atoms with Crippen molar-refractivity contribution in [1.29, 1.82) is 0 Å². The molecule has 2 heterocycles. The summed E-state index contributed by atoms with van der Waals surface area (Å²) in [5.74, 6) is 0. The molecule has 84 valence electrons. The molecule has 0 bridgehead atoms. The summed E-state index contributed by atoms with van der Waals surface area (Å²) in [5.41, 5.74) is 2.09. The number of nitrogens with zero attached hydrogens (tertiary/aromatic N) is 4. The van der Waals surface area contributed by atoms with Crippen molar-refractivity contribution in [2.75, 3.05) is 6.61 Å². The molecule has 0 spiro atoms. The van der Waals surface area contributed by atoms with Crippen molar-refractivity contribution in [3.8, 4) is 11.3 Å². The maximum atomic E-state index is 9.17. The van der Waals surface area contributed by atoms with E-state index in [0.717, 1.165) is 11.3 Å². The van der Waals surface area contributed by atoms with Crippen LogP contribution in [0.4, 0.5) is 0 Å². The minimum atomic E-state index is -0.177. The van der Waals surface area contributed by atoms with Gasteiger partial charge in [0.1, 0.15) is 5.69 Å². The number of aromatic nitrogens is 4. The molecule has 0 fully saturated rings. The lowest BCUT2D eigenvalue weighted by atomic mass is 10.1. The normalized spacial score (nSPS) is 10.6. The predicted octanol–water partition coefficient (Wildman–Crippen LogP) is -0.175. The smallest absolute Gasteiger partial charge is 0.116 e. The lowest BCUT2D eigenvalue weighted by Crippen LogP contribution is -2.06. The molecule has 2 aromatic rings. The molecular formula is C10H12N4O2. The highest BCUT2D eigenvalue weighted by atomic mass is 16.3. The first-order valence-corrected chi connectivity index (χ1v) is 4.91. The summed E-state index contributed by atoms with van der Waals surface area (Å²) in [6.07, 6.45) is 3.32. The molecule has 0 radical (unpaired) electrons. The topological polar surface area (TPSA) is 84.1 Å². The summed E-state index contributed by atoms with van der Waals surface area (Å²) >= 11 is 0. The molecular weight excluding hydrogens is 208 g/mol. The highest BCUT2D eigenvalue weighted by molar-refractivity contribution is 5.60. The molecule has 2 N–H and O–H groups in total. The van der Waals surface area contributed by atoms with E-state index in [9.17, 15) is 0 Å². The van der Waals surface area contributed by atoms with Gasteiger partial charge in [-0.2, -0.15) is 0 Å². The number of aliphatic hydroxyl groups is 2. The van der Waals surface area contributed by atoms with E-state index >= 15 is 0 Å². The molecule has 6 nitrogen and oxygen atoms in total. The Kier molecular flexibility index (Phi) is 3.23. The highest BCUT2D eigenvalue weighted by Crippen LogP contribution is 2.21. The van der Waals surface area contributed by atoms with Crippen LogP contribution in [0.15, 0.2) is 24.5 Å². The van der Waals surface area contributed by atoms with E-state index in [4.69, 9.17) is 10.2 Å². The maximum absolute atomic E-state index is 9.17. The zero-order valence-electron chi connectivity index (χ0n) is 8.61. The fourth-order valence-electron chi connectivity index (χ4n) is 1.53. The van der Waals surface area contributed by atoms with E-state index in [-0.39, 0.29) is 13.2 Å². The van der Waals surface area contributed by atoms with E-state index in [0.29, 0.717) is 12.2 Å². The Morgan fingerprint density at radius 1 is 1.19 bits per heavy atom. The molecule has 0 saturated carbocycles. The number of pyridine rings is 1. The van der Waals surface area contributed by atoms with Crippen LogP contribution in [0.3, 0.4) is 0 Å². The first-order valence-electron chi connectivity index (χ1n) is 4.91. The van der Waals surface area contributed by atoms with Crippen LogP contribution in [0.1, 0.15) is 5.69 Å². The Labute approximate surface area is 92.2 Å². The van der Waals surface area contributed by atoms with Crippen LogP contribution in [0.25, 0.3) is 11.3 Å². The Morgan fingerprint density at radius 2 is 1.94 bits per heavy atom. The molecule has 16 heavy (non-hydrogen) atoms. The van der Waals surface area contributed by atoms with Crippen molar-refractivity contribution in [3.63, 3.8) is 0 Å². The fraction of sp³-hybridized carbons (Fsp3) is 0.300. The zero-order chi connectivity index (χ0) is 11.4. The molecule has 0 aliphatic carbocycles. The quantitative estimate of drug-likeness (QED) is 0.747. The lowest BCUT2D eigenvalue weighted by Gasteiger charge is -2.05. The Balaban J connectivity index is 2.48. The van der Waals surface area contributed by atoms with Crippen LogP contribution in [-0.2, 0) is 13.2 Å². The van der Waals surface area contributed by atoms with Gasteiger partial charge in [-0.05, 0) is 12.1 Å². The molecule has 0 saturated heterocycles. The molecule has 2 rings (SSSR count). The molecule has 0 aliphatic heterocycles. The van der Waals surface area contributed by atoms with E-state index in [1.165, 1.54) is 0 Å². The van der Waals surface area contributed by atoms with E-state index in [1.54, 1.807) is 17.1 Å². The fourth-order valence-corrected chi connectivity index (χ4v) is 1.53. The van der Waals surface area contributed by atoms with Gasteiger partial charge < -0.3 is 10.2 Å². The van der Waals surface area contributed by atoms with Gasteiger partial charge in [0.25, 0.3) is 0 Å². The van der Waals surface area contributed by atoms with Gasteiger partial charge in [0, 0.05) is 18.0 Å². The Morgan fingerprint density at radius 3 is 2.56 bits per heavy atom. The van der Waals surface area contributed by atoms with Crippen LogP contribution < -0.4 is 0 Å². The number of hydrogen-bond donors (Lipinski definition) is 2. The van der Waals surface area contributed by atoms with Crippen molar-refractivity contribution in [3.05, 3.63) is 30.2 Å². The van der Waals surface area contributed by atoms with Crippen LogP contribution in [-0.4, -0.2) is 36.8 Å². The second kappa shape index (κ2) is 4.82. The standard InChI is InChI=1S/C10H12N4O2/c15-6-5-14-10(9(7-16)12-13-14)8-1-3-11-4-2-8/h1-4,15-16H,5-7H2. The van der Waals surface area contributed by atoms with Crippen molar-refractivity contribution in [1.82, 2.24) is 20.0 Å². The molecule has 0 atom stereocenters. The van der Waals surface area contributed by atoms with Crippen LogP contribution in [0.2, 0.25) is 0 Å². The van der Waals surface area contributed by atoms with Gasteiger partial charge in [-0.15, -0.1) is 5.10 Å². The van der Waals surface area contributed by atoms with Gasteiger partial charge in [-0.3, -0.25) is 4.98 Å². The Hall–Kier alpha value is -1.79. The monoisotopic (exact) mass is 220 g/mol. The maximum Gasteiger partial charge on any atom is 0.116 e. The third-order valence-electron chi connectivity index (χ3n) is 2.22. The summed E-state index contributed by atoms with van der Waals surface area (Å²) in [5, 5.41) is 25.8. The van der Waals surface area contributed by atoms with Crippen LogP contribution in [0, 0.1) is 0 Å². The predicted molar refractivity (Wildman–Crippen MR) is 56.3 cm³/mol. The first kappa shape index (κ1) is 10.7.